The predicted molar refractivity (Wildman–Crippen MR) is 137 cm³/mol. The normalized spacial score (nSPS) is 16.8. The molecule has 2 aromatic rings. The number of aliphatic hydroxyl groups is 1. The minimum atomic E-state index is -3.20. The maximum absolute atomic E-state index is 13.5. The van der Waals surface area contributed by atoms with Crippen molar-refractivity contribution < 1.29 is 33.0 Å². The van der Waals surface area contributed by atoms with E-state index in [0.29, 0.717) is 18.7 Å². The Balaban J connectivity index is 1.89. The third-order valence-electron chi connectivity index (χ3n) is 6.44. The van der Waals surface area contributed by atoms with Crippen LogP contribution in [0.2, 0.25) is 0 Å². The third-order valence-corrected chi connectivity index (χ3v) is 6.75. The number of carboxylic acids is 1. The second kappa shape index (κ2) is 13.0. The Hall–Kier alpha value is -4.04. The smallest absolute Gasteiger partial charge is 0.333 e. The van der Waals surface area contributed by atoms with Crippen molar-refractivity contribution in [3.63, 3.8) is 0 Å². The molecule has 1 aliphatic heterocycles. The van der Waals surface area contributed by atoms with Crippen LogP contribution in [0.1, 0.15) is 30.7 Å². The van der Waals surface area contributed by atoms with Gasteiger partial charge in [0.1, 0.15) is 0 Å². The molecule has 3 rings (SSSR count). The van der Waals surface area contributed by atoms with Gasteiger partial charge in [-0.25, -0.2) is 9.80 Å². The molecule has 13 nitrogen and oxygen atoms in total. The maximum Gasteiger partial charge on any atom is 0.333 e. The van der Waals surface area contributed by atoms with Crippen LogP contribution < -0.4 is 11.1 Å². The summed E-state index contributed by atoms with van der Waals surface area (Å²) in [6, 6.07) is 10.3. The molecular formula is C24H30N6O7S. The van der Waals surface area contributed by atoms with Crippen LogP contribution in [-0.2, 0) is 24.9 Å². The van der Waals surface area contributed by atoms with Crippen LogP contribution in [0.4, 0.5) is 0 Å². The van der Waals surface area contributed by atoms with E-state index in [2.05, 4.69) is 9.79 Å². The molecule has 1 fully saturated rings. The number of nitrogens with one attached hydrogen (secondary N) is 2. The van der Waals surface area contributed by atoms with Crippen molar-refractivity contribution in [1.29, 1.82) is 5.41 Å². The summed E-state index contributed by atoms with van der Waals surface area (Å²) >= 11 is 0. The highest BCUT2D eigenvalue weighted by atomic mass is 32.2. The van der Waals surface area contributed by atoms with Crippen LogP contribution in [0.5, 0.6) is 0 Å². The number of nitrogens with two attached hydrogens (primary N) is 1. The van der Waals surface area contributed by atoms with Crippen molar-refractivity contribution in [2.75, 3.05) is 26.2 Å². The van der Waals surface area contributed by atoms with E-state index in [4.69, 9.17) is 11.1 Å². The molecule has 3 atom stereocenters. The molecule has 0 spiro atoms. The van der Waals surface area contributed by atoms with Gasteiger partial charge >= 0.3 is 16.5 Å². The number of hydrogen-bond donors (Lipinski definition) is 5. The highest BCUT2D eigenvalue weighted by Gasteiger charge is 2.36. The van der Waals surface area contributed by atoms with E-state index in [-0.39, 0.29) is 23.4 Å². The quantitative estimate of drug-likeness (QED) is 0.157. The number of carboxylic acid groups (broad SMARTS) is 1. The number of guanidine groups is 1. The van der Waals surface area contributed by atoms with E-state index in [9.17, 15) is 33.0 Å². The number of aliphatic carboxylic acids is 1. The van der Waals surface area contributed by atoms with Gasteiger partial charge in [-0.3, -0.25) is 15.0 Å². The van der Waals surface area contributed by atoms with Gasteiger partial charge < -0.3 is 26.2 Å². The van der Waals surface area contributed by atoms with Gasteiger partial charge in [-0.2, -0.15) is 8.42 Å². The fourth-order valence-electron chi connectivity index (χ4n) is 4.48. The molecule has 6 N–H and O–H groups in total. The first kappa shape index (κ1) is 28.5. The average molecular weight is 547 g/mol. The van der Waals surface area contributed by atoms with Crippen LogP contribution in [0.25, 0.3) is 10.8 Å². The van der Waals surface area contributed by atoms with Crippen LogP contribution in [-0.4, -0.2) is 84.6 Å². The van der Waals surface area contributed by atoms with Gasteiger partial charge in [0.25, 0.3) is 5.91 Å². The zero-order valence-electron chi connectivity index (χ0n) is 20.5. The highest BCUT2D eigenvalue weighted by Crippen LogP contribution is 2.28. The Labute approximate surface area is 220 Å². The minimum Gasteiger partial charge on any atom is -0.480 e. The molecule has 1 aliphatic rings. The summed E-state index contributed by atoms with van der Waals surface area (Å²) in [5.41, 5.74) is 5.93. The SMILES string of the molecule is N=C(N)N1CCC[C@@H](CNC(=O)C[C@H](C(=O)N(N=S(=O)=O)[C@@H](CO)C(=O)O)c2ccc3ccccc3c2)C1. The van der Waals surface area contributed by atoms with E-state index < -0.39 is 53.3 Å². The summed E-state index contributed by atoms with van der Waals surface area (Å²) in [6.45, 7) is 0.344. The average Bonchev–Trinajstić information content (AvgIpc) is 2.89. The summed E-state index contributed by atoms with van der Waals surface area (Å²) in [4.78, 5) is 39.9. The number of piperidine rings is 1. The van der Waals surface area contributed by atoms with Gasteiger partial charge in [0.2, 0.25) is 5.91 Å². The first-order chi connectivity index (χ1) is 18.1. The fraction of sp³-hybridized carbons (Fsp3) is 0.417. The lowest BCUT2D eigenvalue weighted by atomic mass is 9.91. The number of carbonyl (C=O) groups is 3. The lowest BCUT2D eigenvalue weighted by Crippen LogP contribution is -2.47. The van der Waals surface area contributed by atoms with Crippen molar-refractivity contribution in [3.05, 3.63) is 48.0 Å². The Morgan fingerprint density at radius 1 is 1.21 bits per heavy atom. The molecule has 0 bridgehead atoms. The summed E-state index contributed by atoms with van der Waals surface area (Å²) in [5.74, 6) is -4.55. The maximum atomic E-state index is 13.5. The Bertz CT molecular complexity index is 1340. The number of benzene rings is 2. The molecule has 204 valence electrons. The molecule has 0 radical (unpaired) electrons. The van der Waals surface area contributed by atoms with Gasteiger partial charge in [-0.15, -0.1) is 0 Å². The molecular weight excluding hydrogens is 516 g/mol. The first-order valence-electron chi connectivity index (χ1n) is 11.9. The Morgan fingerprint density at radius 2 is 1.92 bits per heavy atom. The van der Waals surface area contributed by atoms with Crippen LogP contribution in [0.15, 0.2) is 46.9 Å². The van der Waals surface area contributed by atoms with Crippen LogP contribution >= 0.6 is 0 Å². The summed E-state index contributed by atoms with van der Waals surface area (Å²) in [6.07, 6.45) is 1.20. The Morgan fingerprint density at radius 3 is 2.55 bits per heavy atom. The molecule has 14 heteroatoms. The first-order valence-corrected chi connectivity index (χ1v) is 13.0. The van der Waals surface area contributed by atoms with E-state index in [1.165, 1.54) is 0 Å². The minimum absolute atomic E-state index is 0.0339. The number of rotatable bonds is 10. The molecule has 2 amide bonds. The number of aliphatic hydroxyl groups excluding tert-OH is 1. The highest BCUT2D eigenvalue weighted by molar-refractivity contribution is 7.61. The number of carbonyl (C=O) groups excluding carboxylic acids is 2. The zero-order chi connectivity index (χ0) is 27.8. The fourth-order valence-corrected chi connectivity index (χ4v) is 4.82. The lowest BCUT2D eigenvalue weighted by Gasteiger charge is -2.33. The van der Waals surface area contributed by atoms with E-state index in [1.807, 2.05) is 12.1 Å². The van der Waals surface area contributed by atoms with E-state index in [0.717, 1.165) is 23.6 Å². The van der Waals surface area contributed by atoms with Gasteiger partial charge in [-0.05, 0) is 39.6 Å². The van der Waals surface area contributed by atoms with Gasteiger partial charge in [0.15, 0.2) is 12.0 Å². The molecule has 0 aliphatic carbocycles. The molecule has 0 aromatic heterocycles. The molecule has 0 saturated carbocycles. The molecule has 38 heavy (non-hydrogen) atoms. The number of amides is 2. The molecule has 1 heterocycles. The number of hydrogen-bond acceptors (Lipinski definition) is 8. The standard InChI is InChI=1S/C24H30N6O7S/c25-24(26)29-9-3-4-15(13-29)12-27-21(32)11-19(18-8-7-16-5-1-2-6-17(16)10-18)22(33)30(28-38(36)37)20(14-31)23(34)35/h1-2,5-8,10,15,19-20,31H,3-4,9,11-14H2,(H3,25,26)(H,27,32)(H,34,35)/t15-,19-,20-/m0/s1. The predicted octanol–water partition coefficient (Wildman–Crippen LogP) is 0.287. The largest absolute Gasteiger partial charge is 0.480 e. The van der Waals surface area contributed by atoms with Crippen LogP contribution in [0, 0.1) is 11.3 Å². The topological polar surface area (TPSA) is 207 Å². The molecule has 0 unspecified atom stereocenters. The van der Waals surface area contributed by atoms with Gasteiger partial charge in [0.05, 0.1) is 12.5 Å². The molecule has 1 saturated heterocycles. The van der Waals surface area contributed by atoms with Gasteiger partial charge in [0, 0.05) is 26.1 Å². The summed E-state index contributed by atoms with van der Waals surface area (Å²) in [5, 5.41) is 31.2. The summed E-state index contributed by atoms with van der Waals surface area (Å²) < 4.78 is 25.8. The van der Waals surface area contributed by atoms with Gasteiger partial charge in [-0.1, -0.05) is 42.5 Å². The Kier molecular flexibility index (Phi) is 9.73. The van der Waals surface area contributed by atoms with Crippen molar-refractivity contribution in [3.8, 4) is 0 Å². The van der Waals surface area contributed by atoms with Crippen molar-refractivity contribution >= 4 is 45.0 Å². The summed E-state index contributed by atoms with van der Waals surface area (Å²) in [7, 11) is -3.20. The van der Waals surface area contributed by atoms with Crippen molar-refractivity contribution in [2.24, 2.45) is 16.1 Å². The number of nitrogens with zero attached hydrogens (tertiary/aromatic N) is 3. The van der Waals surface area contributed by atoms with E-state index >= 15 is 0 Å². The zero-order valence-corrected chi connectivity index (χ0v) is 21.3. The van der Waals surface area contributed by atoms with Crippen molar-refractivity contribution in [2.45, 2.75) is 31.2 Å². The lowest BCUT2D eigenvalue weighted by molar-refractivity contribution is -0.152. The third kappa shape index (κ3) is 7.26. The number of fused-ring (bicyclic) bond motifs is 1. The van der Waals surface area contributed by atoms with Crippen molar-refractivity contribution in [1.82, 2.24) is 15.2 Å². The van der Waals surface area contributed by atoms with E-state index in [1.54, 1.807) is 35.2 Å². The van der Waals surface area contributed by atoms with Crippen LogP contribution in [0.3, 0.4) is 0 Å². The second-order valence-corrected chi connectivity index (χ2v) is 9.62. The second-order valence-electron chi connectivity index (χ2n) is 9.03. The number of likely N-dealkylation sites (tertiary alicyclic amines) is 1. The monoisotopic (exact) mass is 546 g/mol. The molecule has 2 aromatic carbocycles.